The summed E-state index contributed by atoms with van der Waals surface area (Å²) < 4.78 is 5.31. The molecule has 0 aromatic rings. The Morgan fingerprint density at radius 1 is 0.857 bits per heavy atom. The first-order valence-corrected chi connectivity index (χ1v) is 5.75. The van der Waals surface area contributed by atoms with Crippen LogP contribution in [0, 0.1) is 0 Å². The Morgan fingerprint density at radius 3 is 1.93 bits per heavy atom. The van der Waals surface area contributed by atoms with Crippen LogP contribution in [0.2, 0.25) is 0 Å². The number of ether oxygens (including phenoxy) is 1. The molecule has 2 saturated heterocycles. The molecule has 0 atom stereocenters. The van der Waals surface area contributed by atoms with Crippen molar-refractivity contribution in [3.63, 3.8) is 0 Å². The van der Waals surface area contributed by atoms with Crippen molar-refractivity contribution >= 4 is 0 Å². The van der Waals surface area contributed by atoms with Crippen molar-refractivity contribution < 1.29 is 4.74 Å². The van der Waals surface area contributed by atoms with E-state index in [0.717, 1.165) is 52.5 Å². The molecular weight excluding hydrogens is 178 g/mol. The average Bonchev–Trinajstić information content (AvgIpc) is 2.34. The molecule has 0 saturated carbocycles. The summed E-state index contributed by atoms with van der Waals surface area (Å²) in [7, 11) is 0. The van der Waals surface area contributed by atoms with E-state index in [0.29, 0.717) is 0 Å². The first-order valence-electron chi connectivity index (χ1n) is 5.75. The Morgan fingerprint density at radius 2 is 1.36 bits per heavy atom. The third-order valence-corrected chi connectivity index (χ3v) is 2.48. The molecular formula is C10H23N3O. The summed E-state index contributed by atoms with van der Waals surface area (Å²) in [5.41, 5.74) is 0. The minimum Gasteiger partial charge on any atom is -0.379 e. The zero-order chi connectivity index (χ0) is 10.2. The van der Waals surface area contributed by atoms with Crippen LogP contribution in [-0.2, 0) is 4.74 Å². The van der Waals surface area contributed by atoms with Gasteiger partial charge in [0.2, 0.25) is 0 Å². The molecule has 14 heavy (non-hydrogen) atoms. The first kappa shape index (κ1) is 11.9. The van der Waals surface area contributed by atoms with Crippen molar-refractivity contribution in [3.05, 3.63) is 0 Å². The van der Waals surface area contributed by atoms with E-state index in [4.69, 9.17) is 4.74 Å². The van der Waals surface area contributed by atoms with E-state index in [1.54, 1.807) is 0 Å². The van der Waals surface area contributed by atoms with Gasteiger partial charge in [0.1, 0.15) is 0 Å². The summed E-state index contributed by atoms with van der Waals surface area (Å²) in [5.74, 6) is 0. The Balaban J connectivity index is 0.000000461. The Bertz CT molecular complexity index is 115. The highest BCUT2D eigenvalue weighted by atomic mass is 16.5. The van der Waals surface area contributed by atoms with E-state index in [9.17, 15) is 0 Å². The zero-order valence-electron chi connectivity index (χ0n) is 9.46. The number of rotatable bonds is 1. The van der Waals surface area contributed by atoms with Crippen LogP contribution in [0.5, 0.6) is 0 Å². The summed E-state index contributed by atoms with van der Waals surface area (Å²) in [5, 5.41) is 8.22. The van der Waals surface area contributed by atoms with Gasteiger partial charge in [-0.2, -0.15) is 0 Å². The normalized spacial score (nSPS) is 25.3. The highest BCUT2D eigenvalue weighted by molar-refractivity contribution is 4.68. The largest absolute Gasteiger partial charge is 0.379 e. The Labute approximate surface area is 87.2 Å². The fourth-order valence-corrected chi connectivity index (χ4v) is 1.77. The summed E-state index contributed by atoms with van der Waals surface area (Å²) in [6, 6.07) is 0. The fraction of sp³-hybridized carbons (Fsp3) is 1.00. The van der Waals surface area contributed by atoms with Crippen LogP contribution in [0.25, 0.3) is 0 Å². The molecule has 0 aliphatic carbocycles. The minimum absolute atomic E-state index is 0.893. The lowest BCUT2D eigenvalue weighted by molar-refractivity contribution is -0.0945. The molecule has 2 aliphatic heterocycles. The van der Waals surface area contributed by atoms with Crippen molar-refractivity contribution in [2.24, 2.45) is 0 Å². The zero-order valence-corrected chi connectivity index (χ0v) is 9.46. The van der Waals surface area contributed by atoms with Crippen molar-refractivity contribution in [1.29, 1.82) is 0 Å². The number of hydrogen-bond acceptors (Lipinski definition) is 4. The first-order chi connectivity index (χ1) is 6.97. The van der Waals surface area contributed by atoms with Gasteiger partial charge >= 0.3 is 0 Å². The molecule has 0 spiro atoms. The molecule has 0 bridgehead atoms. The summed E-state index contributed by atoms with van der Waals surface area (Å²) in [4.78, 5) is 0. The molecule has 4 nitrogen and oxygen atoms in total. The van der Waals surface area contributed by atoms with E-state index in [1.807, 2.05) is 13.8 Å². The van der Waals surface area contributed by atoms with Crippen molar-refractivity contribution in [2.45, 2.75) is 13.8 Å². The molecule has 2 aliphatic rings. The number of morpholine rings is 1. The lowest BCUT2D eigenvalue weighted by atomic mass is 10.4. The summed E-state index contributed by atoms with van der Waals surface area (Å²) in [6.45, 7) is 12.5. The summed E-state index contributed by atoms with van der Waals surface area (Å²) >= 11 is 0. The predicted molar refractivity (Wildman–Crippen MR) is 58.2 cm³/mol. The maximum absolute atomic E-state index is 5.31. The monoisotopic (exact) mass is 201 g/mol. The number of nitrogens with one attached hydrogen (secondary N) is 1. The van der Waals surface area contributed by atoms with Gasteiger partial charge < -0.3 is 10.1 Å². The second-order valence-corrected chi connectivity index (χ2v) is 3.27. The molecule has 0 amide bonds. The van der Waals surface area contributed by atoms with Gasteiger partial charge in [-0.3, -0.25) is 0 Å². The Kier molecular flexibility index (Phi) is 6.10. The summed E-state index contributed by atoms with van der Waals surface area (Å²) in [6.07, 6.45) is 0. The van der Waals surface area contributed by atoms with Crippen LogP contribution in [0.4, 0.5) is 0 Å². The second kappa shape index (κ2) is 7.17. The SMILES string of the molecule is C1CN(N2CCOCC2)CCN1.CC. The highest BCUT2D eigenvalue weighted by Gasteiger charge is 2.19. The van der Waals surface area contributed by atoms with Crippen molar-refractivity contribution in [2.75, 3.05) is 52.5 Å². The minimum atomic E-state index is 0.893. The molecule has 0 radical (unpaired) electrons. The van der Waals surface area contributed by atoms with Gasteiger partial charge in [0.05, 0.1) is 13.2 Å². The van der Waals surface area contributed by atoms with Crippen LogP contribution >= 0.6 is 0 Å². The number of hydrogen-bond donors (Lipinski definition) is 1. The number of hydrazine groups is 1. The quantitative estimate of drug-likeness (QED) is 0.654. The molecule has 0 aromatic heterocycles. The van der Waals surface area contributed by atoms with E-state index in [1.165, 1.54) is 0 Å². The lowest BCUT2D eigenvalue weighted by Crippen LogP contribution is -2.55. The van der Waals surface area contributed by atoms with Gasteiger partial charge in [-0.15, -0.1) is 0 Å². The second-order valence-electron chi connectivity index (χ2n) is 3.27. The van der Waals surface area contributed by atoms with Crippen LogP contribution in [-0.4, -0.2) is 62.5 Å². The molecule has 0 unspecified atom stereocenters. The number of nitrogens with zero attached hydrogens (tertiary/aromatic N) is 2. The number of piperazine rings is 1. The molecule has 2 rings (SSSR count). The van der Waals surface area contributed by atoms with Crippen LogP contribution in [0.1, 0.15) is 13.8 Å². The van der Waals surface area contributed by atoms with Crippen molar-refractivity contribution in [1.82, 2.24) is 15.3 Å². The van der Waals surface area contributed by atoms with Gasteiger partial charge in [0.25, 0.3) is 0 Å². The molecule has 4 heteroatoms. The maximum atomic E-state index is 5.31. The smallest absolute Gasteiger partial charge is 0.0608 e. The van der Waals surface area contributed by atoms with Crippen LogP contribution < -0.4 is 5.32 Å². The van der Waals surface area contributed by atoms with Gasteiger partial charge in [0.15, 0.2) is 0 Å². The van der Waals surface area contributed by atoms with E-state index >= 15 is 0 Å². The highest BCUT2D eigenvalue weighted by Crippen LogP contribution is 2.03. The molecule has 84 valence electrons. The third kappa shape index (κ3) is 3.53. The maximum Gasteiger partial charge on any atom is 0.0608 e. The van der Waals surface area contributed by atoms with E-state index in [2.05, 4.69) is 15.3 Å². The third-order valence-electron chi connectivity index (χ3n) is 2.48. The van der Waals surface area contributed by atoms with Crippen LogP contribution in [0.3, 0.4) is 0 Å². The topological polar surface area (TPSA) is 27.7 Å². The molecule has 2 fully saturated rings. The van der Waals surface area contributed by atoms with E-state index < -0.39 is 0 Å². The van der Waals surface area contributed by atoms with Gasteiger partial charge in [0, 0.05) is 39.3 Å². The van der Waals surface area contributed by atoms with Gasteiger partial charge in [-0.25, -0.2) is 10.0 Å². The van der Waals surface area contributed by atoms with Crippen LogP contribution in [0.15, 0.2) is 0 Å². The predicted octanol–water partition coefficient (Wildman–Crippen LogP) is 0.165. The molecule has 2 heterocycles. The van der Waals surface area contributed by atoms with E-state index in [-0.39, 0.29) is 0 Å². The van der Waals surface area contributed by atoms with Crippen molar-refractivity contribution in [3.8, 4) is 0 Å². The molecule has 0 aromatic carbocycles. The fourth-order valence-electron chi connectivity index (χ4n) is 1.77. The Hall–Kier alpha value is -0.160. The standard InChI is InChI=1S/C8H17N3O.C2H6/c1-3-10(4-2-9-1)11-5-7-12-8-6-11;1-2/h9H,1-8H2;1-2H3. The lowest BCUT2D eigenvalue weighted by Gasteiger charge is -2.39. The molecule has 1 N–H and O–H groups in total. The van der Waals surface area contributed by atoms with Gasteiger partial charge in [-0.05, 0) is 0 Å². The average molecular weight is 201 g/mol. The van der Waals surface area contributed by atoms with Gasteiger partial charge in [-0.1, -0.05) is 13.8 Å².